The molecule has 28 heavy (non-hydrogen) atoms. The van der Waals surface area contributed by atoms with Gasteiger partial charge in [0.1, 0.15) is 23.0 Å². The average Bonchev–Trinajstić information content (AvgIpc) is 3.40. The van der Waals surface area contributed by atoms with Gasteiger partial charge in [-0.1, -0.05) is 0 Å². The van der Waals surface area contributed by atoms with E-state index in [1.54, 1.807) is 0 Å². The molecule has 2 heterocycles. The van der Waals surface area contributed by atoms with Crippen molar-refractivity contribution in [2.75, 3.05) is 11.5 Å². The number of rotatable bonds is 8. The summed E-state index contributed by atoms with van der Waals surface area (Å²) >= 11 is 1.43. The molecule has 0 atom stereocenters. The van der Waals surface area contributed by atoms with Crippen LogP contribution in [0.3, 0.4) is 0 Å². The lowest BCUT2D eigenvalue weighted by Gasteiger charge is -2.11. The van der Waals surface area contributed by atoms with Gasteiger partial charge in [-0.05, 0) is 62.0 Å². The fourth-order valence-electron chi connectivity index (χ4n) is 3.49. The molecule has 0 bridgehead atoms. The maximum atomic E-state index is 13.7. The Morgan fingerprint density at radius 3 is 2.82 bits per heavy atom. The van der Waals surface area contributed by atoms with Gasteiger partial charge in [-0.15, -0.1) is 11.8 Å². The Hall–Kier alpha value is -2.15. The Morgan fingerprint density at radius 1 is 1.25 bits per heavy atom. The van der Waals surface area contributed by atoms with Crippen LogP contribution in [0, 0.1) is 24.5 Å². The van der Waals surface area contributed by atoms with Gasteiger partial charge < -0.3 is 10.3 Å². The van der Waals surface area contributed by atoms with Gasteiger partial charge in [-0.2, -0.15) is 0 Å². The number of unbranched alkanes of at least 4 members (excludes halogenated alkanes) is 1. The molecule has 1 aliphatic carbocycles. The summed E-state index contributed by atoms with van der Waals surface area (Å²) in [6, 6.07) is 3.74. The average molecular weight is 403 g/mol. The minimum absolute atomic E-state index is 0.485. The van der Waals surface area contributed by atoms with Crippen molar-refractivity contribution < 1.29 is 8.78 Å². The Balaban J connectivity index is 1.43. The highest BCUT2D eigenvalue weighted by atomic mass is 32.2. The van der Waals surface area contributed by atoms with Crippen molar-refractivity contribution in [3.05, 3.63) is 47.4 Å². The molecule has 0 unspecified atom stereocenters. The number of nitrogens with zero attached hydrogens (tertiary/aromatic N) is 3. The lowest BCUT2D eigenvalue weighted by atomic mass is 10.2. The number of thioether (sulfide) groups is 1. The third-order valence-corrected chi connectivity index (χ3v) is 6.29. The van der Waals surface area contributed by atoms with Gasteiger partial charge >= 0.3 is 0 Å². The van der Waals surface area contributed by atoms with E-state index < -0.39 is 11.6 Å². The summed E-state index contributed by atoms with van der Waals surface area (Å²) in [7, 11) is 0. The van der Waals surface area contributed by atoms with Crippen molar-refractivity contribution >= 4 is 28.6 Å². The van der Waals surface area contributed by atoms with E-state index in [9.17, 15) is 8.78 Å². The number of pyridine rings is 1. The van der Waals surface area contributed by atoms with Crippen molar-refractivity contribution in [3.8, 4) is 0 Å². The molecule has 1 aromatic carbocycles. The largest absolute Gasteiger partial charge is 0.382 e. The molecule has 0 amide bonds. The number of nitrogens with two attached hydrogens (primary N) is 1. The maximum Gasteiger partial charge on any atom is 0.151 e. The quantitative estimate of drug-likeness (QED) is 0.419. The van der Waals surface area contributed by atoms with Crippen LogP contribution in [0.25, 0.3) is 11.0 Å². The number of hydrogen-bond acceptors (Lipinski definition) is 4. The lowest BCUT2D eigenvalue weighted by molar-refractivity contribution is 0.565. The molecule has 3 aromatic rings. The van der Waals surface area contributed by atoms with E-state index in [4.69, 9.17) is 10.7 Å². The third-order valence-electron chi connectivity index (χ3n) is 5.16. The van der Waals surface area contributed by atoms with Gasteiger partial charge in [-0.25, -0.2) is 18.7 Å². The summed E-state index contributed by atoms with van der Waals surface area (Å²) in [4.78, 5) is 9.55. The van der Waals surface area contributed by atoms with Gasteiger partial charge in [0.15, 0.2) is 5.82 Å². The Kier molecular flexibility index (Phi) is 5.53. The number of benzene rings is 1. The summed E-state index contributed by atoms with van der Waals surface area (Å²) in [5.74, 6) is 2.07. The molecule has 2 N–H and O–H groups in total. The van der Waals surface area contributed by atoms with Gasteiger partial charge in [-0.3, -0.25) is 0 Å². The molecule has 1 saturated carbocycles. The number of imidazole rings is 1. The molecule has 148 valence electrons. The maximum absolute atomic E-state index is 13.7. The Morgan fingerprint density at radius 2 is 2.07 bits per heavy atom. The third kappa shape index (κ3) is 4.14. The van der Waals surface area contributed by atoms with E-state index in [0.29, 0.717) is 10.7 Å². The second-order valence-corrected chi connectivity index (χ2v) is 8.62. The highest BCUT2D eigenvalue weighted by Gasteiger charge is 2.25. The molecule has 4 rings (SSSR count). The summed E-state index contributed by atoms with van der Waals surface area (Å²) in [5, 5.41) is 0. The van der Waals surface area contributed by atoms with Crippen LogP contribution < -0.4 is 5.73 Å². The van der Waals surface area contributed by atoms with E-state index in [1.165, 1.54) is 36.7 Å². The minimum atomic E-state index is -0.541. The summed E-state index contributed by atoms with van der Waals surface area (Å²) < 4.78 is 29.0. The van der Waals surface area contributed by atoms with E-state index in [-0.39, 0.29) is 0 Å². The van der Waals surface area contributed by atoms with Crippen LogP contribution in [0.5, 0.6) is 0 Å². The van der Waals surface area contributed by atoms with Gasteiger partial charge in [0.05, 0.1) is 5.52 Å². The normalized spacial score (nSPS) is 14.1. The molecular formula is C21H24F2N4S. The summed E-state index contributed by atoms with van der Waals surface area (Å²) in [6.45, 7) is 2.90. The first kappa shape index (κ1) is 19.2. The van der Waals surface area contributed by atoms with Crippen molar-refractivity contribution in [2.24, 2.45) is 5.92 Å². The van der Waals surface area contributed by atoms with Gasteiger partial charge in [0.25, 0.3) is 0 Å². The van der Waals surface area contributed by atoms with Gasteiger partial charge in [0.2, 0.25) is 0 Å². The first-order valence-electron chi connectivity index (χ1n) is 9.71. The predicted octanol–water partition coefficient (Wildman–Crippen LogP) is 5.13. The van der Waals surface area contributed by atoms with Crippen molar-refractivity contribution in [1.29, 1.82) is 0 Å². The van der Waals surface area contributed by atoms with Crippen LogP contribution in [-0.2, 0) is 13.0 Å². The molecule has 0 spiro atoms. The molecule has 0 radical (unpaired) electrons. The molecule has 1 aliphatic rings. The topological polar surface area (TPSA) is 56.7 Å². The van der Waals surface area contributed by atoms with Crippen LogP contribution in [-0.4, -0.2) is 20.3 Å². The van der Waals surface area contributed by atoms with E-state index >= 15 is 0 Å². The number of hydrogen-bond donors (Lipinski definition) is 1. The second-order valence-electron chi connectivity index (χ2n) is 7.48. The summed E-state index contributed by atoms with van der Waals surface area (Å²) in [5.41, 5.74) is 9.04. The number of nitrogen functional groups attached to an aromatic ring is 1. The zero-order chi connectivity index (χ0) is 19.7. The fourth-order valence-corrected chi connectivity index (χ4v) is 4.42. The molecule has 0 saturated heterocycles. The number of fused-ring (bicyclic) bond motifs is 1. The molecule has 7 heteroatoms. The van der Waals surface area contributed by atoms with Crippen LogP contribution in [0.2, 0.25) is 0 Å². The number of anilines is 1. The Labute approximate surface area is 167 Å². The molecule has 2 aromatic heterocycles. The molecule has 1 fully saturated rings. The van der Waals surface area contributed by atoms with Crippen molar-refractivity contribution in [1.82, 2.24) is 14.5 Å². The number of aromatic nitrogens is 3. The number of halogens is 2. The lowest BCUT2D eigenvalue weighted by Crippen LogP contribution is -2.06. The summed E-state index contributed by atoms with van der Waals surface area (Å²) in [6.07, 6.45) is 7.24. The highest BCUT2D eigenvalue weighted by molar-refractivity contribution is 7.99. The van der Waals surface area contributed by atoms with Crippen LogP contribution >= 0.6 is 11.8 Å². The van der Waals surface area contributed by atoms with Crippen molar-refractivity contribution in [3.63, 3.8) is 0 Å². The monoisotopic (exact) mass is 402 g/mol. The SMILES string of the molecule is Cc1cnc(N)c2nc(CC3CC3)n(CCCCSc3ccc(F)cc3F)c12. The molecular weight excluding hydrogens is 378 g/mol. The zero-order valence-electron chi connectivity index (χ0n) is 15.9. The van der Waals surface area contributed by atoms with Gasteiger partial charge in [0, 0.05) is 30.1 Å². The predicted molar refractivity (Wildman–Crippen MR) is 109 cm³/mol. The first-order valence-corrected chi connectivity index (χ1v) is 10.7. The molecule has 0 aliphatic heterocycles. The smallest absolute Gasteiger partial charge is 0.151 e. The zero-order valence-corrected chi connectivity index (χ0v) is 16.7. The van der Waals surface area contributed by atoms with E-state index in [2.05, 4.69) is 9.55 Å². The molecule has 4 nitrogen and oxygen atoms in total. The first-order chi connectivity index (χ1) is 13.5. The second kappa shape index (κ2) is 8.07. The Bertz CT molecular complexity index is 998. The number of aryl methyl sites for hydroxylation is 2. The fraction of sp³-hybridized carbons (Fsp3) is 0.429. The van der Waals surface area contributed by atoms with Crippen LogP contribution in [0.4, 0.5) is 14.6 Å². The minimum Gasteiger partial charge on any atom is -0.382 e. The van der Waals surface area contributed by atoms with Crippen LogP contribution in [0.15, 0.2) is 29.3 Å². The highest BCUT2D eigenvalue weighted by Crippen LogP contribution is 2.34. The van der Waals surface area contributed by atoms with E-state index in [1.807, 2.05) is 13.1 Å². The van der Waals surface area contributed by atoms with Crippen LogP contribution in [0.1, 0.15) is 37.1 Å². The standard InChI is InChI=1S/C21H24F2N4S/c1-13-12-25-21(24)19-20(13)27(18(26-19)10-14-4-5-14)8-2-3-9-28-17-7-6-15(22)11-16(17)23/h6-7,11-12,14H,2-5,8-10H2,1H3,(H2,24,25). The van der Waals surface area contributed by atoms with Crippen molar-refractivity contribution in [2.45, 2.75) is 50.5 Å². The van der Waals surface area contributed by atoms with E-state index in [0.717, 1.165) is 66.0 Å².